The lowest BCUT2D eigenvalue weighted by molar-refractivity contribution is -0.125. The van der Waals surface area contributed by atoms with Gasteiger partial charge in [-0.2, -0.15) is 0 Å². The number of carbonyl (C=O) groups excluding carboxylic acids is 1. The van der Waals surface area contributed by atoms with Crippen molar-refractivity contribution in [2.45, 2.75) is 72.8 Å². The van der Waals surface area contributed by atoms with Crippen LogP contribution in [-0.2, 0) is 11.3 Å². The Morgan fingerprint density at radius 3 is 2.61 bits per heavy atom. The van der Waals surface area contributed by atoms with E-state index in [4.69, 9.17) is 9.40 Å². The molecule has 198 valence electrons. The second kappa shape index (κ2) is 12.9. The van der Waals surface area contributed by atoms with E-state index in [9.17, 15) is 4.79 Å². The van der Waals surface area contributed by atoms with E-state index in [0.717, 1.165) is 87.3 Å². The summed E-state index contributed by atoms with van der Waals surface area (Å²) in [7, 11) is 0. The van der Waals surface area contributed by atoms with Crippen LogP contribution < -0.4 is 5.32 Å². The molecule has 1 N–H and O–H groups in total. The lowest BCUT2D eigenvalue weighted by atomic mass is 9.92. The van der Waals surface area contributed by atoms with Crippen molar-refractivity contribution >= 4 is 5.91 Å². The van der Waals surface area contributed by atoms with Crippen molar-refractivity contribution in [1.29, 1.82) is 0 Å². The van der Waals surface area contributed by atoms with Crippen molar-refractivity contribution in [3.63, 3.8) is 0 Å². The summed E-state index contributed by atoms with van der Waals surface area (Å²) in [6.45, 7) is 16.0. The predicted octanol–water partition coefficient (Wildman–Crippen LogP) is 5.43. The van der Waals surface area contributed by atoms with Crippen molar-refractivity contribution < 1.29 is 9.21 Å². The minimum atomic E-state index is 0.125. The van der Waals surface area contributed by atoms with Gasteiger partial charge in [-0.15, -0.1) is 0 Å². The molecule has 2 saturated heterocycles. The highest BCUT2D eigenvalue weighted by atomic mass is 16.4. The number of benzene rings is 1. The SMILES string of the molecule is Cc1ccccc1-c1nc(CN2CCCC(C(=O)NCCCCN3CC(C)CC(C)C3)CC2)c(C)o1. The number of carbonyl (C=O) groups is 1. The molecular formula is C30H46N4O2. The van der Waals surface area contributed by atoms with Crippen LogP contribution in [0.2, 0.25) is 0 Å². The molecular weight excluding hydrogens is 448 g/mol. The van der Waals surface area contributed by atoms with Crippen molar-refractivity contribution in [3.8, 4) is 11.5 Å². The van der Waals surface area contributed by atoms with Crippen molar-refractivity contribution in [3.05, 3.63) is 41.3 Å². The average Bonchev–Trinajstić information content (AvgIpc) is 3.03. The van der Waals surface area contributed by atoms with E-state index < -0.39 is 0 Å². The number of amides is 1. The zero-order valence-electron chi connectivity index (χ0n) is 22.9. The third-order valence-corrected chi connectivity index (χ3v) is 7.98. The molecule has 1 aromatic heterocycles. The summed E-state index contributed by atoms with van der Waals surface area (Å²) in [5, 5.41) is 3.23. The summed E-state index contributed by atoms with van der Waals surface area (Å²) >= 11 is 0. The third-order valence-electron chi connectivity index (χ3n) is 7.98. The maximum Gasteiger partial charge on any atom is 0.226 e. The van der Waals surface area contributed by atoms with Crippen molar-refractivity contribution in [2.24, 2.45) is 17.8 Å². The Morgan fingerprint density at radius 2 is 1.83 bits per heavy atom. The first-order chi connectivity index (χ1) is 17.4. The minimum absolute atomic E-state index is 0.125. The molecule has 3 atom stereocenters. The van der Waals surface area contributed by atoms with Gasteiger partial charge in [0.2, 0.25) is 11.8 Å². The molecule has 3 heterocycles. The number of hydrogen-bond donors (Lipinski definition) is 1. The van der Waals surface area contributed by atoms with Crippen LogP contribution >= 0.6 is 0 Å². The van der Waals surface area contributed by atoms with Crippen LogP contribution in [0.1, 0.15) is 69.4 Å². The first-order valence-electron chi connectivity index (χ1n) is 14.1. The Balaban J connectivity index is 1.18. The molecule has 0 bridgehead atoms. The summed E-state index contributed by atoms with van der Waals surface area (Å²) in [6.07, 6.45) is 6.52. The highest BCUT2D eigenvalue weighted by molar-refractivity contribution is 5.78. The lowest BCUT2D eigenvalue weighted by Gasteiger charge is -2.34. The van der Waals surface area contributed by atoms with E-state index in [2.05, 4.69) is 48.0 Å². The molecule has 2 aliphatic heterocycles. The lowest BCUT2D eigenvalue weighted by Crippen LogP contribution is -2.39. The fraction of sp³-hybridized carbons (Fsp3) is 0.667. The Bertz CT molecular complexity index is 977. The molecule has 2 fully saturated rings. The van der Waals surface area contributed by atoms with Crippen LogP contribution in [0.3, 0.4) is 0 Å². The molecule has 36 heavy (non-hydrogen) atoms. The number of unbranched alkanes of at least 4 members (excludes halogenated alkanes) is 1. The van der Waals surface area contributed by atoms with E-state index in [1.54, 1.807) is 0 Å². The minimum Gasteiger partial charge on any atom is -0.441 e. The van der Waals surface area contributed by atoms with E-state index in [0.29, 0.717) is 5.89 Å². The van der Waals surface area contributed by atoms with Gasteiger partial charge in [0.05, 0.1) is 5.69 Å². The van der Waals surface area contributed by atoms with E-state index >= 15 is 0 Å². The molecule has 6 nitrogen and oxygen atoms in total. The highest BCUT2D eigenvalue weighted by Crippen LogP contribution is 2.26. The summed E-state index contributed by atoms with van der Waals surface area (Å²) < 4.78 is 6.02. The normalized spacial score (nSPS) is 23.9. The summed E-state index contributed by atoms with van der Waals surface area (Å²) in [4.78, 5) is 22.7. The Hall–Kier alpha value is -2.18. The van der Waals surface area contributed by atoms with Crippen LogP contribution in [0.4, 0.5) is 0 Å². The third kappa shape index (κ3) is 7.42. The van der Waals surface area contributed by atoms with Gasteiger partial charge in [-0.25, -0.2) is 4.98 Å². The Kier molecular flexibility index (Phi) is 9.60. The largest absolute Gasteiger partial charge is 0.441 e. The van der Waals surface area contributed by atoms with E-state index in [-0.39, 0.29) is 11.8 Å². The van der Waals surface area contributed by atoms with Crippen LogP contribution in [0.5, 0.6) is 0 Å². The number of oxazole rings is 1. The van der Waals surface area contributed by atoms with Crippen LogP contribution in [0.15, 0.2) is 28.7 Å². The molecule has 0 spiro atoms. The fourth-order valence-electron chi connectivity index (χ4n) is 6.08. The van der Waals surface area contributed by atoms with E-state index in [1.807, 2.05) is 19.1 Å². The van der Waals surface area contributed by atoms with Gasteiger partial charge in [-0.3, -0.25) is 9.69 Å². The van der Waals surface area contributed by atoms with Gasteiger partial charge in [0, 0.05) is 37.7 Å². The molecule has 0 radical (unpaired) electrons. The maximum atomic E-state index is 12.8. The molecule has 2 aromatic rings. The number of likely N-dealkylation sites (tertiary alicyclic amines) is 2. The molecule has 3 unspecified atom stereocenters. The quantitative estimate of drug-likeness (QED) is 0.471. The fourth-order valence-corrected chi connectivity index (χ4v) is 6.08. The van der Waals surface area contributed by atoms with Gasteiger partial charge in [-0.1, -0.05) is 32.0 Å². The zero-order valence-corrected chi connectivity index (χ0v) is 22.9. The summed E-state index contributed by atoms with van der Waals surface area (Å²) in [6, 6.07) is 8.21. The van der Waals surface area contributed by atoms with Crippen molar-refractivity contribution in [1.82, 2.24) is 20.1 Å². The standard InChI is InChI=1S/C30H46N4O2/c1-22-18-23(2)20-34(19-22)15-8-7-14-31-29(35)26-11-9-16-33(17-13-26)21-28-25(4)36-30(32-28)27-12-6-5-10-24(27)3/h5-6,10,12,22-23,26H,7-9,11,13-21H2,1-4H3,(H,31,35). The smallest absolute Gasteiger partial charge is 0.226 e. The number of nitrogens with zero attached hydrogens (tertiary/aromatic N) is 3. The Labute approximate surface area is 217 Å². The van der Waals surface area contributed by atoms with Gasteiger partial charge in [-0.05, 0) is 95.5 Å². The molecule has 6 heteroatoms. The summed E-state index contributed by atoms with van der Waals surface area (Å²) in [5.74, 6) is 3.59. The number of nitrogens with one attached hydrogen (secondary N) is 1. The monoisotopic (exact) mass is 494 g/mol. The molecule has 0 aliphatic carbocycles. The van der Waals surface area contributed by atoms with Gasteiger partial charge >= 0.3 is 0 Å². The van der Waals surface area contributed by atoms with Gasteiger partial charge in [0.25, 0.3) is 0 Å². The molecule has 2 aliphatic rings. The predicted molar refractivity (Wildman–Crippen MR) is 146 cm³/mol. The maximum absolute atomic E-state index is 12.8. The first kappa shape index (κ1) is 26.9. The number of aryl methyl sites for hydroxylation is 2. The molecule has 0 saturated carbocycles. The van der Waals surface area contributed by atoms with Gasteiger partial charge < -0.3 is 14.6 Å². The molecule has 1 aromatic carbocycles. The molecule has 4 rings (SSSR count). The van der Waals surface area contributed by atoms with Gasteiger partial charge in [0.1, 0.15) is 5.76 Å². The van der Waals surface area contributed by atoms with Crippen LogP contribution in [0, 0.1) is 31.6 Å². The Morgan fingerprint density at radius 1 is 1.06 bits per heavy atom. The number of piperidine rings is 1. The van der Waals surface area contributed by atoms with Crippen molar-refractivity contribution in [2.75, 3.05) is 39.3 Å². The number of hydrogen-bond acceptors (Lipinski definition) is 5. The second-order valence-corrected chi connectivity index (χ2v) is 11.4. The van der Waals surface area contributed by atoms with Crippen LogP contribution in [0.25, 0.3) is 11.5 Å². The average molecular weight is 495 g/mol. The number of rotatable bonds is 9. The highest BCUT2D eigenvalue weighted by Gasteiger charge is 2.25. The number of aromatic nitrogens is 1. The second-order valence-electron chi connectivity index (χ2n) is 11.4. The topological polar surface area (TPSA) is 61.6 Å². The zero-order chi connectivity index (χ0) is 25.5. The van der Waals surface area contributed by atoms with Crippen LogP contribution in [-0.4, -0.2) is 60.0 Å². The van der Waals surface area contributed by atoms with Gasteiger partial charge in [0.15, 0.2) is 0 Å². The summed E-state index contributed by atoms with van der Waals surface area (Å²) in [5.41, 5.74) is 3.23. The first-order valence-corrected chi connectivity index (χ1v) is 14.1. The van der Waals surface area contributed by atoms with E-state index in [1.165, 1.54) is 31.5 Å². The molecule has 1 amide bonds.